The third-order valence-electron chi connectivity index (χ3n) is 3.77. The molecule has 0 atom stereocenters. The number of ether oxygens (including phenoxy) is 1. The first-order chi connectivity index (χ1) is 9.95. The van der Waals surface area contributed by atoms with Crippen LogP contribution in [0.4, 0.5) is 0 Å². The third-order valence-corrected chi connectivity index (χ3v) is 5.42. The Morgan fingerprint density at radius 2 is 1.90 bits per heavy atom. The molecular weight excluding hydrogens is 288 g/mol. The van der Waals surface area contributed by atoms with Crippen molar-refractivity contribution >= 4 is 10.0 Å². The van der Waals surface area contributed by atoms with Gasteiger partial charge in [-0.15, -0.1) is 0 Å². The van der Waals surface area contributed by atoms with E-state index in [9.17, 15) is 8.42 Å². The summed E-state index contributed by atoms with van der Waals surface area (Å²) in [6.45, 7) is 6.24. The molecule has 6 heteroatoms. The van der Waals surface area contributed by atoms with Gasteiger partial charge in [-0.3, -0.25) is 0 Å². The van der Waals surface area contributed by atoms with Crippen molar-refractivity contribution in [3.63, 3.8) is 0 Å². The van der Waals surface area contributed by atoms with E-state index >= 15 is 0 Å². The molecule has 2 N–H and O–H groups in total. The molecule has 118 valence electrons. The lowest BCUT2D eigenvalue weighted by Gasteiger charge is -2.38. The SMILES string of the molecule is CCNCCOc1ccc(S(=O)(=O)NC2(C)CCC2)cc1. The Balaban J connectivity index is 1.94. The molecule has 0 unspecified atom stereocenters. The van der Waals surface area contributed by atoms with E-state index in [1.807, 2.05) is 13.8 Å². The lowest BCUT2D eigenvalue weighted by molar-refractivity contribution is 0.248. The van der Waals surface area contributed by atoms with Gasteiger partial charge in [0.05, 0.1) is 4.90 Å². The van der Waals surface area contributed by atoms with E-state index in [0.717, 1.165) is 32.4 Å². The fraction of sp³-hybridized carbons (Fsp3) is 0.600. The molecule has 0 heterocycles. The summed E-state index contributed by atoms with van der Waals surface area (Å²) >= 11 is 0. The van der Waals surface area contributed by atoms with Crippen LogP contribution in [0.25, 0.3) is 0 Å². The van der Waals surface area contributed by atoms with E-state index in [0.29, 0.717) is 12.4 Å². The summed E-state index contributed by atoms with van der Waals surface area (Å²) in [4.78, 5) is 0.287. The van der Waals surface area contributed by atoms with E-state index in [2.05, 4.69) is 10.0 Å². The first-order valence-corrected chi connectivity index (χ1v) is 8.91. The van der Waals surface area contributed by atoms with Gasteiger partial charge in [-0.1, -0.05) is 6.92 Å². The second-order valence-electron chi connectivity index (χ2n) is 5.69. The molecule has 5 nitrogen and oxygen atoms in total. The molecule has 1 aliphatic rings. The molecule has 1 saturated carbocycles. The van der Waals surface area contributed by atoms with Crippen molar-refractivity contribution in [2.45, 2.75) is 43.5 Å². The normalized spacial score (nSPS) is 17.2. The van der Waals surface area contributed by atoms with Crippen LogP contribution in [0.2, 0.25) is 0 Å². The molecule has 0 amide bonds. The van der Waals surface area contributed by atoms with E-state index in [-0.39, 0.29) is 10.4 Å². The Hall–Kier alpha value is -1.11. The first kappa shape index (κ1) is 16.3. The highest BCUT2D eigenvalue weighted by Crippen LogP contribution is 2.32. The summed E-state index contributed by atoms with van der Waals surface area (Å²) in [7, 11) is -3.44. The van der Waals surface area contributed by atoms with Gasteiger partial charge in [-0.25, -0.2) is 13.1 Å². The smallest absolute Gasteiger partial charge is 0.241 e. The van der Waals surface area contributed by atoms with Gasteiger partial charge in [0.2, 0.25) is 10.0 Å². The maximum Gasteiger partial charge on any atom is 0.241 e. The minimum Gasteiger partial charge on any atom is -0.492 e. The Labute approximate surface area is 127 Å². The van der Waals surface area contributed by atoms with Gasteiger partial charge in [0, 0.05) is 12.1 Å². The molecule has 0 aliphatic heterocycles. The Morgan fingerprint density at radius 1 is 1.24 bits per heavy atom. The minimum absolute atomic E-state index is 0.278. The fourth-order valence-corrected chi connectivity index (χ4v) is 3.79. The van der Waals surface area contributed by atoms with Crippen LogP contribution in [-0.4, -0.2) is 33.7 Å². The second-order valence-corrected chi connectivity index (χ2v) is 7.38. The summed E-state index contributed by atoms with van der Waals surface area (Å²) < 4.78 is 32.9. The molecule has 1 aromatic carbocycles. The predicted octanol–water partition coefficient (Wildman–Crippen LogP) is 1.90. The average Bonchev–Trinajstić information content (AvgIpc) is 2.42. The Kier molecular flexibility index (Phi) is 5.24. The minimum atomic E-state index is -3.44. The first-order valence-electron chi connectivity index (χ1n) is 7.43. The second kappa shape index (κ2) is 6.77. The fourth-order valence-electron chi connectivity index (χ4n) is 2.33. The third kappa shape index (κ3) is 4.43. The number of rotatable bonds is 8. The van der Waals surface area contributed by atoms with Gasteiger partial charge in [0.15, 0.2) is 0 Å². The van der Waals surface area contributed by atoms with Crippen LogP contribution in [0.15, 0.2) is 29.2 Å². The Morgan fingerprint density at radius 3 is 2.43 bits per heavy atom. The van der Waals surface area contributed by atoms with Crippen molar-refractivity contribution in [2.24, 2.45) is 0 Å². The van der Waals surface area contributed by atoms with Crippen LogP contribution in [0.5, 0.6) is 5.75 Å². The van der Waals surface area contributed by atoms with Gasteiger partial charge in [0.25, 0.3) is 0 Å². The van der Waals surface area contributed by atoms with E-state index in [1.54, 1.807) is 24.3 Å². The molecule has 1 aromatic rings. The van der Waals surface area contributed by atoms with E-state index in [1.165, 1.54) is 0 Å². The molecule has 21 heavy (non-hydrogen) atoms. The zero-order chi connectivity index (χ0) is 15.3. The summed E-state index contributed by atoms with van der Waals surface area (Å²) in [6.07, 6.45) is 2.88. The van der Waals surface area contributed by atoms with Crippen molar-refractivity contribution in [1.82, 2.24) is 10.0 Å². The van der Waals surface area contributed by atoms with Crippen LogP contribution in [0.1, 0.15) is 33.1 Å². The maximum atomic E-state index is 12.3. The molecule has 2 rings (SSSR count). The zero-order valence-electron chi connectivity index (χ0n) is 12.7. The van der Waals surface area contributed by atoms with Gasteiger partial charge < -0.3 is 10.1 Å². The summed E-state index contributed by atoms with van der Waals surface area (Å²) in [6, 6.07) is 6.58. The maximum absolute atomic E-state index is 12.3. The highest BCUT2D eigenvalue weighted by atomic mass is 32.2. The molecule has 0 bridgehead atoms. The van der Waals surface area contributed by atoms with Crippen LogP contribution in [0.3, 0.4) is 0 Å². The lowest BCUT2D eigenvalue weighted by Crippen LogP contribution is -2.50. The molecule has 0 aromatic heterocycles. The molecule has 1 fully saturated rings. The summed E-state index contributed by atoms with van der Waals surface area (Å²) in [5.74, 6) is 0.682. The van der Waals surface area contributed by atoms with Gasteiger partial charge in [-0.2, -0.15) is 0 Å². The largest absolute Gasteiger partial charge is 0.492 e. The van der Waals surface area contributed by atoms with Gasteiger partial charge in [0.1, 0.15) is 12.4 Å². The Bertz CT molecular complexity index is 551. The van der Waals surface area contributed by atoms with Crippen molar-refractivity contribution in [3.8, 4) is 5.75 Å². The summed E-state index contributed by atoms with van der Waals surface area (Å²) in [5, 5.41) is 3.16. The number of sulfonamides is 1. The monoisotopic (exact) mass is 312 g/mol. The van der Waals surface area contributed by atoms with Gasteiger partial charge >= 0.3 is 0 Å². The highest BCUT2D eigenvalue weighted by molar-refractivity contribution is 7.89. The van der Waals surface area contributed by atoms with Gasteiger partial charge in [-0.05, 0) is 57.0 Å². The van der Waals surface area contributed by atoms with E-state index in [4.69, 9.17) is 4.74 Å². The zero-order valence-corrected chi connectivity index (χ0v) is 13.5. The van der Waals surface area contributed by atoms with Crippen molar-refractivity contribution < 1.29 is 13.2 Å². The molecule has 1 aliphatic carbocycles. The van der Waals surface area contributed by atoms with Crippen molar-refractivity contribution in [3.05, 3.63) is 24.3 Å². The number of hydrogen-bond acceptors (Lipinski definition) is 4. The molecular formula is C15H24N2O3S. The van der Waals surface area contributed by atoms with Crippen molar-refractivity contribution in [1.29, 1.82) is 0 Å². The van der Waals surface area contributed by atoms with Crippen LogP contribution >= 0.6 is 0 Å². The highest BCUT2D eigenvalue weighted by Gasteiger charge is 2.36. The molecule has 0 saturated heterocycles. The van der Waals surface area contributed by atoms with Crippen LogP contribution < -0.4 is 14.8 Å². The number of hydrogen-bond donors (Lipinski definition) is 2. The van der Waals surface area contributed by atoms with Crippen molar-refractivity contribution in [2.75, 3.05) is 19.7 Å². The number of likely N-dealkylation sites (N-methyl/N-ethyl adjacent to an activating group) is 1. The van der Waals surface area contributed by atoms with Crippen LogP contribution in [0, 0.1) is 0 Å². The van der Waals surface area contributed by atoms with E-state index < -0.39 is 10.0 Å². The summed E-state index contributed by atoms with van der Waals surface area (Å²) in [5.41, 5.74) is -0.278. The lowest BCUT2D eigenvalue weighted by atomic mass is 9.80. The van der Waals surface area contributed by atoms with Crippen LogP contribution in [-0.2, 0) is 10.0 Å². The standard InChI is InChI=1S/C15H24N2O3S/c1-3-16-11-12-20-13-5-7-14(8-6-13)21(18,19)17-15(2)9-4-10-15/h5-8,16-17H,3-4,9-12H2,1-2H3. The number of benzene rings is 1. The number of nitrogens with one attached hydrogen (secondary N) is 2. The molecule has 0 spiro atoms. The molecule has 0 radical (unpaired) electrons. The quantitative estimate of drug-likeness (QED) is 0.720. The predicted molar refractivity (Wildman–Crippen MR) is 83.1 cm³/mol. The topological polar surface area (TPSA) is 67.4 Å². The average molecular weight is 312 g/mol.